The summed E-state index contributed by atoms with van der Waals surface area (Å²) in [5.74, 6) is 0.886. The predicted octanol–water partition coefficient (Wildman–Crippen LogP) is 5.60. The molecule has 2 saturated heterocycles. The number of hydrogen-bond acceptors (Lipinski definition) is 4. The highest BCUT2D eigenvalue weighted by Crippen LogP contribution is 2.38. The van der Waals surface area contributed by atoms with Gasteiger partial charge in [0.25, 0.3) is 5.91 Å². The zero-order valence-corrected chi connectivity index (χ0v) is 22.7. The zero-order chi connectivity index (χ0) is 25.7. The van der Waals surface area contributed by atoms with Gasteiger partial charge in [0.05, 0.1) is 12.2 Å². The van der Waals surface area contributed by atoms with Crippen molar-refractivity contribution in [1.29, 1.82) is 0 Å². The molecule has 1 saturated carbocycles. The molecule has 6 nitrogen and oxygen atoms in total. The number of aryl methyl sites for hydroxylation is 2. The number of rotatable bonds is 7. The van der Waals surface area contributed by atoms with Crippen molar-refractivity contribution in [2.24, 2.45) is 13.0 Å². The van der Waals surface area contributed by atoms with Crippen LogP contribution in [-0.2, 0) is 7.05 Å². The number of aromatic nitrogens is 2. The molecular weight excluding hydrogens is 482 g/mol. The number of hydrogen-bond donors (Lipinski definition) is 1. The van der Waals surface area contributed by atoms with Crippen molar-refractivity contribution in [2.75, 3.05) is 24.5 Å². The van der Waals surface area contributed by atoms with Gasteiger partial charge in [-0.3, -0.25) is 14.4 Å². The van der Waals surface area contributed by atoms with Crippen LogP contribution in [0.25, 0.3) is 11.1 Å². The molecule has 0 radical (unpaired) electrons. The summed E-state index contributed by atoms with van der Waals surface area (Å²) in [6.07, 6.45) is 9.20. The average Bonchev–Trinajstić information content (AvgIpc) is 3.54. The maximum absolute atomic E-state index is 13.5. The van der Waals surface area contributed by atoms with Crippen molar-refractivity contribution in [3.8, 4) is 11.1 Å². The fraction of sp³-hybridized carbons (Fsp3) is 0.467. The molecule has 1 aromatic heterocycles. The molecule has 3 atom stereocenters. The van der Waals surface area contributed by atoms with Gasteiger partial charge in [0, 0.05) is 66.8 Å². The number of halogens is 1. The van der Waals surface area contributed by atoms with Gasteiger partial charge in [-0.25, -0.2) is 0 Å². The fourth-order valence-corrected chi connectivity index (χ4v) is 6.35. The molecule has 3 fully saturated rings. The van der Waals surface area contributed by atoms with E-state index in [1.165, 1.54) is 32.2 Å². The molecule has 37 heavy (non-hydrogen) atoms. The van der Waals surface area contributed by atoms with Crippen LogP contribution in [0.1, 0.15) is 60.1 Å². The van der Waals surface area contributed by atoms with Crippen molar-refractivity contribution >= 4 is 23.2 Å². The van der Waals surface area contributed by atoms with E-state index in [0.29, 0.717) is 17.1 Å². The second-order valence-corrected chi connectivity index (χ2v) is 11.7. The molecule has 6 rings (SSSR count). The van der Waals surface area contributed by atoms with Gasteiger partial charge in [0.15, 0.2) is 0 Å². The number of nitrogens with zero attached hydrogens (tertiary/aromatic N) is 4. The summed E-state index contributed by atoms with van der Waals surface area (Å²) in [6.45, 7) is 7.43. The molecule has 7 heteroatoms. The van der Waals surface area contributed by atoms with Crippen LogP contribution in [-0.4, -0.2) is 52.3 Å². The molecule has 2 aromatic carbocycles. The van der Waals surface area contributed by atoms with E-state index >= 15 is 0 Å². The van der Waals surface area contributed by atoms with Crippen LogP contribution in [0.15, 0.2) is 48.8 Å². The number of nitrogens with one attached hydrogen (secondary N) is 1. The molecule has 0 spiro atoms. The first-order valence-electron chi connectivity index (χ1n) is 13.6. The Bertz CT molecular complexity index is 1300. The molecule has 0 unspecified atom stereocenters. The van der Waals surface area contributed by atoms with Crippen LogP contribution in [0, 0.1) is 12.8 Å². The molecule has 3 aromatic rings. The van der Waals surface area contributed by atoms with Crippen molar-refractivity contribution in [3.05, 3.63) is 70.5 Å². The van der Waals surface area contributed by atoms with E-state index in [2.05, 4.69) is 44.5 Å². The summed E-state index contributed by atoms with van der Waals surface area (Å²) in [6, 6.07) is 13.4. The maximum atomic E-state index is 13.5. The first kappa shape index (κ1) is 24.5. The summed E-state index contributed by atoms with van der Waals surface area (Å²) < 4.78 is 1.77. The summed E-state index contributed by atoms with van der Waals surface area (Å²) >= 11 is 6.46. The van der Waals surface area contributed by atoms with E-state index < -0.39 is 0 Å². The minimum atomic E-state index is -0.188. The first-order valence-corrected chi connectivity index (χ1v) is 13.9. The second-order valence-electron chi connectivity index (χ2n) is 11.3. The molecule has 2 bridgehead atoms. The minimum absolute atomic E-state index is 0.0508. The lowest BCUT2D eigenvalue weighted by Crippen LogP contribution is -2.54. The van der Waals surface area contributed by atoms with Crippen LogP contribution in [0.4, 0.5) is 5.69 Å². The summed E-state index contributed by atoms with van der Waals surface area (Å²) in [5, 5.41) is 8.13. The molecule has 1 N–H and O–H groups in total. The highest BCUT2D eigenvalue weighted by Gasteiger charge is 2.42. The minimum Gasteiger partial charge on any atom is -0.368 e. The van der Waals surface area contributed by atoms with Gasteiger partial charge in [-0.05, 0) is 92.5 Å². The quantitative estimate of drug-likeness (QED) is 0.443. The van der Waals surface area contributed by atoms with Crippen molar-refractivity contribution < 1.29 is 4.79 Å². The lowest BCUT2D eigenvalue weighted by atomic mass is 10.0. The van der Waals surface area contributed by atoms with Crippen LogP contribution in [0.5, 0.6) is 0 Å². The Balaban J connectivity index is 1.17. The van der Waals surface area contributed by atoms with Gasteiger partial charge in [0.1, 0.15) is 0 Å². The van der Waals surface area contributed by atoms with E-state index in [4.69, 9.17) is 11.6 Å². The van der Waals surface area contributed by atoms with E-state index in [9.17, 15) is 4.79 Å². The number of carbonyl (C=O) groups excluding carboxylic acids is 1. The molecule has 3 aliphatic rings. The van der Waals surface area contributed by atoms with Gasteiger partial charge < -0.3 is 10.2 Å². The van der Waals surface area contributed by atoms with Gasteiger partial charge in [-0.2, -0.15) is 5.10 Å². The van der Waals surface area contributed by atoms with E-state index in [0.717, 1.165) is 52.5 Å². The second kappa shape index (κ2) is 9.80. The van der Waals surface area contributed by atoms with Crippen molar-refractivity contribution in [2.45, 2.75) is 57.7 Å². The van der Waals surface area contributed by atoms with Crippen LogP contribution >= 0.6 is 11.6 Å². The standard InChI is InChI=1S/C30H36ClN5O/c1-19-4-7-26(35-17-27-8-9-28(18-35)36(27)15-21-5-6-21)13-29(19)30(37)33-20(2)22-10-23(12-25(31)11-22)24-14-32-34(3)16-24/h4,7,10-14,16,20-21,27-28H,5-6,8-9,15,17-18H2,1-3H3,(H,33,37)/t20-,27-,28+/m1/s1. The SMILES string of the molecule is Cc1ccc(N2C[C@H]3CC[C@@H](C2)N3CC2CC2)cc1C(=O)N[C@H](C)c1cc(Cl)cc(-c2cnn(C)c2)c1. The number of piperazine rings is 1. The molecule has 1 aliphatic carbocycles. The van der Waals surface area contributed by atoms with Gasteiger partial charge in [0.2, 0.25) is 0 Å². The normalized spacial score (nSPS) is 22.3. The number of benzene rings is 2. The monoisotopic (exact) mass is 517 g/mol. The third kappa shape index (κ3) is 5.14. The van der Waals surface area contributed by atoms with Crippen LogP contribution in [0.2, 0.25) is 5.02 Å². The molecule has 1 amide bonds. The summed E-state index contributed by atoms with van der Waals surface area (Å²) in [4.78, 5) is 18.7. The molecule has 3 heterocycles. The third-order valence-corrected chi connectivity index (χ3v) is 8.65. The molecular formula is C30H36ClN5O. The Kier molecular flexibility index (Phi) is 6.49. The topological polar surface area (TPSA) is 53.4 Å². The lowest BCUT2D eigenvalue weighted by Gasteiger charge is -2.42. The highest BCUT2D eigenvalue weighted by molar-refractivity contribution is 6.31. The van der Waals surface area contributed by atoms with Gasteiger partial charge in [-0.1, -0.05) is 17.7 Å². The Morgan fingerprint density at radius 1 is 1.08 bits per heavy atom. The highest BCUT2D eigenvalue weighted by atomic mass is 35.5. The smallest absolute Gasteiger partial charge is 0.252 e. The third-order valence-electron chi connectivity index (χ3n) is 8.44. The van der Waals surface area contributed by atoms with Gasteiger partial charge >= 0.3 is 0 Å². The van der Waals surface area contributed by atoms with Crippen LogP contribution in [0.3, 0.4) is 0 Å². The number of fused-ring (bicyclic) bond motifs is 2. The van der Waals surface area contributed by atoms with Crippen molar-refractivity contribution in [3.63, 3.8) is 0 Å². The molecule has 2 aliphatic heterocycles. The largest absolute Gasteiger partial charge is 0.368 e. The fourth-order valence-electron chi connectivity index (χ4n) is 6.11. The number of amides is 1. The average molecular weight is 518 g/mol. The summed E-state index contributed by atoms with van der Waals surface area (Å²) in [5.41, 5.74) is 5.85. The Morgan fingerprint density at radius 2 is 1.84 bits per heavy atom. The Labute approximate surface area is 224 Å². The number of anilines is 1. The predicted molar refractivity (Wildman–Crippen MR) is 149 cm³/mol. The zero-order valence-electron chi connectivity index (χ0n) is 22.0. The molecule has 194 valence electrons. The maximum Gasteiger partial charge on any atom is 0.252 e. The Hall–Kier alpha value is -2.83. The van der Waals surface area contributed by atoms with Crippen LogP contribution < -0.4 is 10.2 Å². The van der Waals surface area contributed by atoms with Crippen molar-refractivity contribution in [1.82, 2.24) is 20.0 Å². The lowest BCUT2D eigenvalue weighted by molar-refractivity contribution is 0.0939. The Morgan fingerprint density at radius 3 is 2.51 bits per heavy atom. The summed E-state index contributed by atoms with van der Waals surface area (Å²) in [7, 11) is 1.90. The van der Waals surface area contributed by atoms with E-state index in [-0.39, 0.29) is 11.9 Å². The van der Waals surface area contributed by atoms with E-state index in [1.54, 1.807) is 4.68 Å². The van der Waals surface area contributed by atoms with Gasteiger partial charge in [-0.15, -0.1) is 0 Å². The van der Waals surface area contributed by atoms with E-state index in [1.807, 2.05) is 45.4 Å². The first-order chi connectivity index (χ1) is 17.8. The number of carbonyl (C=O) groups is 1.